The summed E-state index contributed by atoms with van der Waals surface area (Å²) < 4.78 is 7.28. The molecule has 2 aliphatic rings. The molecule has 0 bridgehead atoms. The largest absolute Gasteiger partial charge is 0.496 e. The smallest absolute Gasteiger partial charge is 0.326 e. The normalized spacial score (nSPS) is 21.3. The van der Waals surface area contributed by atoms with Crippen LogP contribution in [0.2, 0.25) is 0 Å². The Balaban J connectivity index is 1.29. The first kappa shape index (κ1) is 23.5. The summed E-state index contributed by atoms with van der Waals surface area (Å²) in [5.41, 5.74) is 10.7. The van der Waals surface area contributed by atoms with Crippen molar-refractivity contribution in [1.29, 1.82) is 0 Å². The van der Waals surface area contributed by atoms with Crippen LogP contribution >= 0.6 is 0 Å². The highest BCUT2D eigenvalue weighted by Crippen LogP contribution is 2.35. The number of amides is 1. The number of aromatic amines is 1. The van der Waals surface area contributed by atoms with E-state index in [1.165, 1.54) is 0 Å². The van der Waals surface area contributed by atoms with E-state index in [1.807, 2.05) is 41.8 Å². The molecule has 4 N–H and O–H groups in total. The summed E-state index contributed by atoms with van der Waals surface area (Å²) in [7, 11) is 1.63. The lowest BCUT2D eigenvalue weighted by Gasteiger charge is -2.32. The number of hydrogen-bond acceptors (Lipinski definition) is 5. The van der Waals surface area contributed by atoms with Gasteiger partial charge < -0.3 is 25.7 Å². The maximum atomic E-state index is 13.0. The number of ether oxygens (including phenoxy) is 1. The Kier molecular flexibility index (Phi) is 6.56. The van der Waals surface area contributed by atoms with Crippen LogP contribution in [0.25, 0.3) is 11.0 Å². The third kappa shape index (κ3) is 4.67. The molecule has 1 aliphatic carbocycles. The van der Waals surface area contributed by atoms with Gasteiger partial charge in [-0.2, -0.15) is 0 Å². The van der Waals surface area contributed by atoms with Crippen molar-refractivity contribution in [3.05, 3.63) is 52.4 Å². The van der Waals surface area contributed by atoms with E-state index >= 15 is 0 Å². The average molecular weight is 478 g/mol. The number of nitrogens with two attached hydrogens (primary N) is 1. The minimum absolute atomic E-state index is 0.0335. The van der Waals surface area contributed by atoms with Crippen molar-refractivity contribution in [2.45, 2.75) is 57.5 Å². The fraction of sp³-hybridized carbons (Fsp3) is 0.481. The summed E-state index contributed by atoms with van der Waals surface area (Å²) in [5.74, 6) is 0.732. The van der Waals surface area contributed by atoms with Crippen LogP contribution in [-0.4, -0.2) is 41.7 Å². The lowest BCUT2D eigenvalue weighted by Crippen LogP contribution is -2.39. The van der Waals surface area contributed by atoms with Crippen LogP contribution < -0.4 is 26.4 Å². The summed E-state index contributed by atoms with van der Waals surface area (Å²) >= 11 is 0. The standard InChI is InChI=1S/C27H35N5O3/c1-17-6-9-20(16-24(17)35-2)29-26(33)18-7-10-21(11-8-18)32-23-5-3-4-22(25(23)30-27(32)34)31-14-12-19(28)13-15-31/h3-6,9,16,18-19,21H,7-8,10-15,28H2,1-2H3,(H,29,33)(H,30,34). The molecule has 0 unspecified atom stereocenters. The zero-order valence-electron chi connectivity index (χ0n) is 20.5. The van der Waals surface area contributed by atoms with Gasteiger partial charge in [0.1, 0.15) is 5.75 Å². The number of fused-ring (bicyclic) bond motifs is 1. The molecule has 0 atom stereocenters. The van der Waals surface area contributed by atoms with Gasteiger partial charge in [-0.1, -0.05) is 12.1 Å². The van der Waals surface area contributed by atoms with E-state index in [0.717, 1.165) is 85.3 Å². The minimum atomic E-state index is -0.0687. The van der Waals surface area contributed by atoms with Gasteiger partial charge in [0, 0.05) is 42.8 Å². The number of aryl methyl sites for hydroxylation is 1. The van der Waals surface area contributed by atoms with Crippen molar-refractivity contribution >= 4 is 28.3 Å². The molecule has 3 aromatic rings. The number of piperidine rings is 1. The number of methoxy groups -OCH3 is 1. The van der Waals surface area contributed by atoms with Crippen LogP contribution in [0.15, 0.2) is 41.2 Å². The quantitative estimate of drug-likeness (QED) is 0.516. The Hall–Kier alpha value is -3.26. The van der Waals surface area contributed by atoms with Crippen LogP contribution in [0.1, 0.15) is 50.1 Å². The molecule has 5 rings (SSSR count). The van der Waals surface area contributed by atoms with Gasteiger partial charge in [0.2, 0.25) is 5.91 Å². The fourth-order valence-corrected chi connectivity index (χ4v) is 5.64. The maximum Gasteiger partial charge on any atom is 0.326 e. The molecule has 1 amide bonds. The molecule has 186 valence electrons. The SMILES string of the molecule is COc1cc(NC(=O)C2CCC(n3c(=O)[nH]c4c(N5CCC(N)CC5)cccc43)CC2)ccc1C. The fourth-order valence-electron chi connectivity index (χ4n) is 5.64. The number of hydrogen-bond donors (Lipinski definition) is 3. The van der Waals surface area contributed by atoms with Crippen LogP contribution in [0.5, 0.6) is 5.75 Å². The lowest BCUT2D eigenvalue weighted by molar-refractivity contribution is -0.121. The van der Waals surface area contributed by atoms with Gasteiger partial charge in [0.15, 0.2) is 0 Å². The molecule has 2 fully saturated rings. The number of anilines is 2. The van der Waals surface area contributed by atoms with Crippen LogP contribution in [-0.2, 0) is 4.79 Å². The van der Waals surface area contributed by atoms with Crippen LogP contribution in [0, 0.1) is 12.8 Å². The molecule has 1 saturated carbocycles. The molecule has 0 spiro atoms. The number of nitrogens with one attached hydrogen (secondary N) is 2. The van der Waals surface area contributed by atoms with Gasteiger partial charge >= 0.3 is 5.69 Å². The van der Waals surface area contributed by atoms with Gasteiger partial charge in [0.05, 0.1) is 23.8 Å². The second kappa shape index (κ2) is 9.77. The number of aromatic nitrogens is 2. The molecule has 35 heavy (non-hydrogen) atoms. The van der Waals surface area contributed by atoms with Gasteiger partial charge in [-0.3, -0.25) is 9.36 Å². The second-order valence-corrected chi connectivity index (χ2v) is 9.97. The summed E-state index contributed by atoms with van der Waals surface area (Å²) in [5, 5.41) is 3.04. The molecule has 1 aliphatic heterocycles. The molecule has 1 saturated heterocycles. The Bertz CT molecular complexity index is 1260. The molecule has 2 heterocycles. The van der Waals surface area contributed by atoms with Crippen molar-refractivity contribution in [2.24, 2.45) is 11.7 Å². The maximum absolute atomic E-state index is 13.0. The molecule has 8 nitrogen and oxygen atoms in total. The third-order valence-corrected chi connectivity index (χ3v) is 7.72. The molecule has 0 radical (unpaired) electrons. The number of imidazole rings is 1. The van der Waals surface area contributed by atoms with Gasteiger partial charge in [-0.15, -0.1) is 0 Å². The second-order valence-electron chi connectivity index (χ2n) is 9.97. The number of nitrogens with zero attached hydrogens (tertiary/aromatic N) is 2. The Morgan fingerprint density at radius 3 is 2.54 bits per heavy atom. The van der Waals surface area contributed by atoms with E-state index < -0.39 is 0 Å². The summed E-state index contributed by atoms with van der Waals surface area (Å²) in [6, 6.07) is 12.2. The van der Waals surface area contributed by atoms with Crippen LogP contribution in [0.3, 0.4) is 0 Å². The number of para-hydroxylation sites is 1. The predicted octanol–water partition coefficient (Wildman–Crippen LogP) is 3.94. The van der Waals surface area contributed by atoms with Crippen molar-refractivity contribution in [3.8, 4) is 5.75 Å². The lowest BCUT2D eigenvalue weighted by atomic mass is 9.85. The summed E-state index contributed by atoms with van der Waals surface area (Å²) in [6.45, 7) is 3.78. The van der Waals surface area contributed by atoms with E-state index in [0.29, 0.717) is 0 Å². The van der Waals surface area contributed by atoms with E-state index in [9.17, 15) is 9.59 Å². The number of rotatable bonds is 5. The first-order chi connectivity index (χ1) is 16.9. The minimum Gasteiger partial charge on any atom is -0.496 e. The van der Waals surface area contributed by atoms with E-state index in [2.05, 4.69) is 21.3 Å². The average Bonchev–Trinajstić information content (AvgIpc) is 3.21. The first-order valence-corrected chi connectivity index (χ1v) is 12.6. The molecule has 2 aromatic carbocycles. The number of benzene rings is 2. The predicted molar refractivity (Wildman–Crippen MR) is 139 cm³/mol. The zero-order valence-corrected chi connectivity index (χ0v) is 20.5. The Morgan fingerprint density at radius 2 is 1.83 bits per heavy atom. The first-order valence-electron chi connectivity index (χ1n) is 12.6. The van der Waals surface area contributed by atoms with Gasteiger partial charge in [-0.25, -0.2) is 4.79 Å². The van der Waals surface area contributed by atoms with Gasteiger partial charge in [0.25, 0.3) is 0 Å². The Morgan fingerprint density at radius 1 is 1.09 bits per heavy atom. The van der Waals surface area contributed by atoms with E-state index in [1.54, 1.807) is 7.11 Å². The highest BCUT2D eigenvalue weighted by molar-refractivity contribution is 5.93. The summed E-state index contributed by atoms with van der Waals surface area (Å²) in [6.07, 6.45) is 5.02. The number of H-pyrrole nitrogens is 1. The summed E-state index contributed by atoms with van der Waals surface area (Å²) in [4.78, 5) is 31.4. The van der Waals surface area contributed by atoms with Crippen LogP contribution in [0.4, 0.5) is 11.4 Å². The molecular weight excluding hydrogens is 442 g/mol. The molecule has 8 heteroatoms. The van der Waals surface area contributed by atoms with Crippen molar-refractivity contribution in [1.82, 2.24) is 9.55 Å². The highest BCUT2D eigenvalue weighted by atomic mass is 16.5. The van der Waals surface area contributed by atoms with E-state index in [-0.39, 0.29) is 29.6 Å². The Labute approximate surface area is 205 Å². The monoisotopic (exact) mass is 477 g/mol. The van der Waals surface area contributed by atoms with E-state index in [4.69, 9.17) is 10.5 Å². The molecule has 1 aromatic heterocycles. The zero-order chi connectivity index (χ0) is 24.5. The van der Waals surface area contributed by atoms with Crippen molar-refractivity contribution in [2.75, 3.05) is 30.4 Å². The highest BCUT2D eigenvalue weighted by Gasteiger charge is 2.30. The number of carbonyl (C=O) groups is 1. The number of carbonyl (C=O) groups excluding carboxylic acids is 1. The van der Waals surface area contributed by atoms with Crippen molar-refractivity contribution in [3.63, 3.8) is 0 Å². The molecular formula is C27H35N5O3. The third-order valence-electron chi connectivity index (χ3n) is 7.72. The topological polar surface area (TPSA) is 105 Å². The van der Waals surface area contributed by atoms with Crippen molar-refractivity contribution < 1.29 is 9.53 Å². The van der Waals surface area contributed by atoms with Gasteiger partial charge in [-0.05, 0) is 69.2 Å².